The number of carbonyl (C=O) groups is 1. The van der Waals surface area contributed by atoms with E-state index < -0.39 is 11.9 Å². The van der Waals surface area contributed by atoms with Crippen LogP contribution in [0.15, 0.2) is 66.7 Å². The molecule has 0 aliphatic heterocycles. The number of amides is 1. The zero-order valence-corrected chi connectivity index (χ0v) is 16.9. The molecule has 0 fully saturated rings. The quantitative estimate of drug-likeness (QED) is 0.473. The fraction of sp³-hybridized carbons (Fsp3) is 0.192. The number of aliphatic hydroxyl groups excluding tert-OH is 1. The number of rotatable bonds is 5. The zero-order chi connectivity index (χ0) is 21.6. The number of nitrogens with one attached hydrogen (secondary N) is 1. The summed E-state index contributed by atoms with van der Waals surface area (Å²) in [4.78, 5) is 12.1. The van der Waals surface area contributed by atoms with Crippen LogP contribution >= 0.6 is 0 Å². The maximum absolute atomic E-state index is 13.3. The van der Waals surface area contributed by atoms with E-state index in [1.54, 1.807) is 0 Å². The van der Waals surface area contributed by atoms with Crippen molar-refractivity contribution < 1.29 is 19.0 Å². The van der Waals surface area contributed by atoms with E-state index >= 15 is 0 Å². The lowest BCUT2D eigenvalue weighted by Gasteiger charge is -2.14. The molecule has 3 aromatic rings. The van der Waals surface area contributed by atoms with Gasteiger partial charge in [-0.1, -0.05) is 66.4 Å². The molecule has 2 N–H and O–H groups in total. The molecule has 4 rings (SSSR count). The van der Waals surface area contributed by atoms with E-state index in [2.05, 4.69) is 41.4 Å². The van der Waals surface area contributed by atoms with Gasteiger partial charge in [0, 0.05) is 24.4 Å². The minimum atomic E-state index is -0.495. The van der Waals surface area contributed by atoms with Gasteiger partial charge in [0.1, 0.15) is 12.4 Å². The summed E-state index contributed by atoms with van der Waals surface area (Å²) >= 11 is 0. The number of ether oxygens (including phenoxy) is 1. The summed E-state index contributed by atoms with van der Waals surface area (Å²) in [6.45, 7) is 0.366. The number of hydrogen-bond donors (Lipinski definition) is 2. The molecule has 1 amide bonds. The van der Waals surface area contributed by atoms with Crippen molar-refractivity contribution in [2.45, 2.75) is 18.9 Å². The van der Waals surface area contributed by atoms with Crippen LogP contribution in [0.3, 0.4) is 0 Å². The summed E-state index contributed by atoms with van der Waals surface area (Å²) in [5.74, 6) is 5.33. The van der Waals surface area contributed by atoms with Gasteiger partial charge in [-0.2, -0.15) is 0 Å². The van der Waals surface area contributed by atoms with E-state index in [9.17, 15) is 14.3 Å². The van der Waals surface area contributed by atoms with Crippen LogP contribution in [0.5, 0.6) is 0 Å². The normalized spacial score (nSPS) is 11.8. The van der Waals surface area contributed by atoms with Crippen LogP contribution < -0.4 is 5.32 Å². The second-order valence-corrected chi connectivity index (χ2v) is 7.26. The summed E-state index contributed by atoms with van der Waals surface area (Å²) < 4.78 is 18.8. The van der Waals surface area contributed by atoms with Gasteiger partial charge in [-0.3, -0.25) is 0 Å². The Hall–Kier alpha value is -3.62. The van der Waals surface area contributed by atoms with E-state index in [0.29, 0.717) is 24.1 Å². The minimum absolute atomic E-state index is 0.0165. The van der Waals surface area contributed by atoms with Crippen molar-refractivity contribution in [2.24, 2.45) is 0 Å². The van der Waals surface area contributed by atoms with Crippen molar-refractivity contribution in [3.8, 4) is 23.0 Å². The largest absolute Gasteiger partial charge is 0.449 e. The lowest BCUT2D eigenvalue weighted by Crippen LogP contribution is -2.26. The van der Waals surface area contributed by atoms with Crippen LogP contribution in [0, 0.1) is 17.7 Å². The Morgan fingerprint density at radius 2 is 1.71 bits per heavy atom. The zero-order valence-electron chi connectivity index (χ0n) is 16.9. The molecule has 0 unspecified atom stereocenters. The first kappa shape index (κ1) is 20.6. The van der Waals surface area contributed by atoms with Crippen molar-refractivity contribution in [1.29, 1.82) is 0 Å². The van der Waals surface area contributed by atoms with Crippen molar-refractivity contribution in [3.63, 3.8) is 0 Å². The summed E-state index contributed by atoms with van der Waals surface area (Å²) in [6, 6.07) is 20.4. The molecule has 1 aliphatic rings. The monoisotopic (exact) mass is 415 g/mol. The first-order valence-corrected chi connectivity index (χ1v) is 10.1. The van der Waals surface area contributed by atoms with Crippen LogP contribution in [0.2, 0.25) is 0 Å². The molecule has 0 radical (unpaired) electrons. The van der Waals surface area contributed by atoms with Gasteiger partial charge in [-0.15, -0.1) is 0 Å². The average Bonchev–Trinajstić information content (AvgIpc) is 3.11. The fourth-order valence-corrected chi connectivity index (χ4v) is 3.84. The molecule has 0 saturated carbocycles. The second kappa shape index (κ2) is 9.46. The molecular formula is C26H22FNO3. The number of halogens is 1. The Balaban J connectivity index is 1.30. The topological polar surface area (TPSA) is 58.6 Å². The standard InChI is InChI=1S/C26H22FNO3/c27-20-13-12-19(16-29)18(15-20)7-5-6-14-28-26(30)31-17-25-23-10-3-1-8-21(23)22-9-2-4-11-24(22)25/h1-4,8-13,15,25,29H,6,14,16-17H2,(H,28,30). The predicted octanol–water partition coefficient (Wildman–Crippen LogP) is 4.60. The average molecular weight is 415 g/mol. The Bertz CT molecular complexity index is 1120. The number of aliphatic hydroxyl groups is 1. The number of hydrogen-bond acceptors (Lipinski definition) is 3. The van der Waals surface area contributed by atoms with Crippen LogP contribution in [0.4, 0.5) is 9.18 Å². The predicted molar refractivity (Wildman–Crippen MR) is 117 cm³/mol. The van der Waals surface area contributed by atoms with Gasteiger partial charge in [0.15, 0.2) is 0 Å². The van der Waals surface area contributed by atoms with Gasteiger partial charge < -0.3 is 15.2 Å². The Kier molecular flexibility index (Phi) is 6.30. The summed E-state index contributed by atoms with van der Waals surface area (Å²) in [5, 5.41) is 12.0. The maximum atomic E-state index is 13.3. The van der Waals surface area contributed by atoms with Crippen LogP contribution in [0.25, 0.3) is 11.1 Å². The first-order valence-electron chi connectivity index (χ1n) is 10.1. The van der Waals surface area contributed by atoms with Crippen molar-refractivity contribution in [1.82, 2.24) is 5.32 Å². The van der Waals surface area contributed by atoms with E-state index in [-0.39, 0.29) is 19.1 Å². The Morgan fingerprint density at radius 3 is 2.39 bits per heavy atom. The molecule has 0 spiro atoms. The summed E-state index contributed by atoms with van der Waals surface area (Å²) in [5.41, 5.74) is 5.71. The molecule has 1 aliphatic carbocycles. The third kappa shape index (κ3) is 4.60. The van der Waals surface area contributed by atoms with Crippen LogP contribution in [-0.2, 0) is 11.3 Å². The molecule has 5 heteroatoms. The molecular weight excluding hydrogens is 393 g/mol. The van der Waals surface area contributed by atoms with Crippen molar-refractivity contribution in [3.05, 3.63) is 94.8 Å². The van der Waals surface area contributed by atoms with Gasteiger partial charge in [0.2, 0.25) is 0 Å². The van der Waals surface area contributed by atoms with Gasteiger partial charge in [-0.25, -0.2) is 9.18 Å². The molecule has 31 heavy (non-hydrogen) atoms. The fourth-order valence-electron chi connectivity index (χ4n) is 3.84. The smallest absolute Gasteiger partial charge is 0.407 e. The number of alkyl carbamates (subject to hydrolysis) is 1. The lowest BCUT2D eigenvalue weighted by atomic mass is 9.98. The molecule has 0 heterocycles. The van der Waals surface area contributed by atoms with E-state index in [0.717, 1.165) is 11.1 Å². The Morgan fingerprint density at radius 1 is 1.03 bits per heavy atom. The molecule has 4 nitrogen and oxygen atoms in total. The second-order valence-electron chi connectivity index (χ2n) is 7.26. The van der Waals surface area contributed by atoms with Crippen molar-refractivity contribution in [2.75, 3.05) is 13.2 Å². The van der Waals surface area contributed by atoms with Gasteiger partial charge in [0.25, 0.3) is 0 Å². The highest BCUT2D eigenvalue weighted by molar-refractivity contribution is 5.79. The number of fused-ring (bicyclic) bond motifs is 3. The lowest BCUT2D eigenvalue weighted by molar-refractivity contribution is 0.143. The van der Waals surface area contributed by atoms with Crippen LogP contribution in [-0.4, -0.2) is 24.4 Å². The third-order valence-corrected chi connectivity index (χ3v) is 5.33. The highest BCUT2D eigenvalue weighted by Crippen LogP contribution is 2.44. The molecule has 0 saturated heterocycles. The van der Waals surface area contributed by atoms with Crippen LogP contribution in [0.1, 0.15) is 34.6 Å². The van der Waals surface area contributed by atoms with Gasteiger partial charge in [-0.05, 0) is 39.9 Å². The van der Waals surface area contributed by atoms with E-state index in [4.69, 9.17) is 4.74 Å². The number of carbonyl (C=O) groups excluding carboxylic acids is 1. The summed E-state index contributed by atoms with van der Waals surface area (Å²) in [7, 11) is 0. The first-order chi connectivity index (χ1) is 15.2. The highest BCUT2D eigenvalue weighted by Gasteiger charge is 2.28. The van der Waals surface area contributed by atoms with Crippen molar-refractivity contribution >= 4 is 6.09 Å². The molecule has 156 valence electrons. The maximum Gasteiger partial charge on any atom is 0.407 e. The van der Waals surface area contributed by atoms with Gasteiger partial charge >= 0.3 is 6.09 Å². The number of benzene rings is 3. The Labute approximate surface area is 180 Å². The van der Waals surface area contributed by atoms with Gasteiger partial charge in [0.05, 0.1) is 6.61 Å². The third-order valence-electron chi connectivity index (χ3n) is 5.33. The van der Waals surface area contributed by atoms with E-state index in [1.807, 2.05) is 24.3 Å². The molecule has 0 bridgehead atoms. The van der Waals surface area contributed by atoms with E-state index in [1.165, 1.54) is 29.3 Å². The summed E-state index contributed by atoms with van der Waals surface area (Å²) in [6.07, 6.45) is -0.114. The molecule has 3 aromatic carbocycles. The molecule has 0 atom stereocenters. The SMILES string of the molecule is O=C(NCCC#Cc1cc(F)ccc1CO)OCC1c2ccccc2-c2ccccc21. The minimum Gasteiger partial charge on any atom is -0.449 e. The highest BCUT2D eigenvalue weighted by atomic mass is 19.1. The molecule has 0 aromatic heterocycles.